The Balaban J connectivity index is 1.67. The second kappa shape index (κ2) is 6.55. The van der Waals surface area contributed by atoms with Gasteiger partial charge < -0.3 is 10.1 Å². The molecule has 108 valence electrons. The van der Waals surface area contributed by atoms with E-state index in [1.165, 1.54) is 0 Å². The molecule has 2 aromatic rings. The zero-order valence-electron chi connectivity index (χ0n) is 11.9. The van der Waals surface area contributed by atoms with E-state index >= 15 is 0 Å². The summed E-state index contributed by atoms with van der Waals surface area (Å²) < 4.78 is 5.52. The van der Waals surface area contributed by atoms with E-state index in [0.29, 0.717) is 5.56 Å². The maximum absolute atomic E-state index is 12.1. The van der Waals surface area contributed by atoms with E-state index in [9.17, 15) is 4.79 Å². The lowest BCUT2D eigenvalue weighted by Gasteiger charge is -2.22. The largest absolute Gasteiger partial charge is 0.457 e. The number of benzene rings is 2. The summed E-state index contributed by atoms with van der Waals surface area (Å²) in [5.41, 5.74) is 2.86. The molecule has 1 aliphatic heterocycles. The first kappa shape index (κ1) is 13.8. The lowest BCUT2D eigenvalue weighted by atomic mass is 10.0. The second-order valence-corrected chi connectivity index (χ2v) is 5.32. The van der Waals surface area contributed by atoms with E-state index < -0.39 is 0 Å². The smallest absolute Gasteiger partial charge is 0.338 e. The summed E-state index contributed by atoms with van der Waals surface area (Å²) >= 11 is 0. The van der Waals surface area contributed by atoms with Gasteiger partial charge in [-0.25, -0.2) is 4.79 Å². The summed E-state index contributed by atoms with van der Waals surface area (Å²) in [6, 6.07) is 17.7. The van der Waals surface area contributed by atoms with Crippen LogP contribution in [0.15, 0.2) is 54.6 Å². The van der Waals surface area contributed by atoms with Crippen LogP contribution in [-0.2, 0) is 4.74 Å². The molecule has 0 radical (unpaired) electrons. The molecule has 1 aliphatic rings. The predicted octanol–water partition coefficient (Wildman–Crippen LogP) is 3.26. The van der Waals surface area contributed by atoms with Crippen molar-refractivity contribution < 1.29 is 9.53 Å². The van der Waals surface area contributed by atoms with Crippen molar-refractivity contribution in [3.8, 4) is 11.1 Å². The van der Waals surface area contributed by atoms with Crippen molar-refractivity contribution in [2.75, 3.05) is 13.1 Å². The molecule has 2 aromatic carbocycles. The molecule has 0 unspecified atom stereocenters. The van der Waals surface area contributed by atoms with Crippen LogP contribution in [0.2, 0.25) is 0 Å². The third-order valence-corrected chi connectivity index (χ3v) is 3.75. The van der Waals surface area contributed by atoms with E-state index in [1.807, 2.05) is 42.5 Å². The van der Waals surface area contributed by atoms with Gasteiger partial charge in [-0.2, -0.15) is 0 Å². The zero-order valence-corrected chi connectivity index (χ0v) is 11.9. The summed E-state index contributed by atoms with van der Waals surface area (Å²) in [4.78, 5) is 12.1. The van der Waals surface area contributed by atoms with Gasteiger partial charge in [0.2, 0.25) is 0 Å². The molecule has 3 rings (SSSR count). The highest BCUT2D eigenvalue weighted by atomic mass is 16.5. The second-order valence-electron chi connectivity index (χ2n) is 5.32. The molecule has 0 aromatic heterocycles. The van der Waals surface area contributed by atoms with Gasteiger partial charge in [0.1, 0.15) is 6.10 Å². The van der Waals surface area contributed by atoms with Crippen molar-refractivity contribution in [2.24, 2.45) is 0 Å². The third kappa shape index (κ3) is 3.50. The van der Waals surface area contributed by atoms with Gasteiger partial charge in [-0.15, -0.1) is 0 Å². The van der Waals surface area contributed by atoms with E-state index in [1.54, 1.807) is 0 Å². The van der Waals surface area contributed by atoms with Crippen molar-refractivity contribution in [2.45, 2.75) is 18.9 Å². The van der Waals surface area contributed by atoms with Gasteiger partial charge in [0.05, 0.1) is 5.56 Å². The van der Waals surface area contributed by atoms with E-state index in [0.717, 1.165) is 37.1 Å². The Morgan fingerprint density at radius 3 is 2.38 bits per heavy atom. The first-order chi connectivity index (χ1) is 10.3. The Labute approximate surface area is 124 Å². The fourth-order valence-electron chi connectivity index (χ4n) is 2.57. The Morgan fingerprint density at radius 1 is 1.00 bits per heavy atom. The van der Waals surface area contributed by atoms with Gasteiger partial charge in [-0.05, 0) is 42.6 Å². The van der Waals surface area contributed by atoms with Crippen LogP contribution in [0.1, 0.15) is 23.2 Å². The zero-order chi connectivity index (χ0) is 14.5. The number of hydrogen-bond donors (Lipinski definition) is 1. The van der Waals surface area contributed by atoms with E-state index in [4.69, 9.17) is 4.74 Å². The lowest BCUT2D eigenvalue weighted by molar-refractivity contribution is 0.0245. The van der Waals surface area contributed by atoms with Crippen molar-refractivity contribution in [1.29, 1.82) is 0 Å². The van der Waals surface area contributed by atoms with Gasteiger partial charge in [0.25, 0.3) is 0 Å². The average molecular weight is 281 g/mol. The Kier molecular flexibility index (Phi) is 4.31. The number of esters is 1. The first-order valence-electron chi connectivity index (χ1n) is 7.40. The number of ether oxygens (including phenoxy) is 1. The highest BCUT2D eigenvalue weighted by molar-refractivity contribution is 5.90. The average Bonchev–Trinajstić information content (AvgIpc) is 2.57. The van der Waals surface area contributed by atoms with E-state index in [2.05, 4.69) is 17.4 Å². The molecule has 1 saturated heterocycles. The quantitative estimate of drug-likeness (QED) is 0.878. The van der Waals surface area contributed by atoms with Crippen molar-refractivity contribution in [3.63, 3.8) is 0 Å². The molecular formula is C18H19NO2. The minimum atomic E-state index is -0.233. The van der Waals surface area contributed by atoms with Crippen LogP contribution in [0.3, 0.4) is 0 Å². The number of rotatable bonds is 3. The van der Waals surface area contributed by atoms with Crippen LogP contribution < -0.4 is 5.32 Å². The highest BCUT2D eigenvalue weighted by Crippen LogP contribution is 2.20. The number of nitrogens with one attached hydrogen (secondary N) is 1. The van der Waals surface area contributed by atoms with Gasteiger partial charge >= 0.3 is 5.97 Å². The van der Waals surface area contributed by atoms with Crippen LogP contribution in [0.25, 0.3) is 11.1 Å². The fourth-order valence-corrected chi connectivity index (χ4v) is 2.57. The molecule has 1 fully saturated rings. The minimum absolute atomic E-state index is 0.0000462. The Hall–Kier alpha value is -2.13. The van der Waals surface area contributed by atoms with Crippen LogP contribution in [0, 0.1) is 0 Å². The van der Waals surface area contributed by atoms with E-state index in [-0.39, 0.29) is 12.1 Å². The summed E-state index contributed by atoms with van der Waals surface area (Å²) in [5, 5.41) is 3.25. The number of hydrogen-bond acceptors (Lipinski definition) is 3. The maximum Gasteiger partial charge on any atom is 0.338 e. The molecule has 1 N–H and O–H groups in total. The van der Waals surface area contributed by atoms with Gasteiger partial charge in [0, 0.05) is 6.54 Å². The molecular weight excluding hydrogens is 262 g/mol. The van der Waals surface area contributed by atoms with Crippen LogP contribution in [0.5, 0.6) is 0 Å². The SMILES string of the molecule is O=C(O[C@H]1CCCNC1)c1ccc(-c2ccccc2)cc1. The van der Waals surface area contributed by atoms with Gasteiger partial charge in [0.15, 0.2) is 0 Å². The molecule has 1 atom stereocenters. The monoisotopic (exact) mass is 281 g/mol. The third-order valence-electron chi connectivity index (χ3n) is 3.75. The standard InChI is InChI=1S/C18H19NO2/c20-18(21-17-7-4-12-19-13-17)16-10-8-15(9-11-16)14-5-2-1-3-6-14/h1-3,5-6,8-11,17,19H,4,7,12-13H2/t17-/m0/s1. The Bertz CT molecular complexity index is 586. The van der Waals surface area contributed by atoms with Crippen molar-refractivity contribution in [1.82, 2.24) is 5.32 Å². The van der Waals surface area contributed by atoms with Crippen LogP contribution >= 0.6 is 0 Å². The highest BCUT2D eigenvalue weighted by Gasteiger charge is 2.18. The first-order valence-corrected chi connectivity index (χ1v) is 7.40. The number of carbonyl (C=O) groups is 1. The van der Waals surface area contributed by atoms with Crippen molar-refractivity contribution >= 4 is 5.97 Å². The maximum atomic E-state index is 12.1. The van der Waals surface area contributed by atoms with Crippen molar-refractivity contribution in [3.05, 3.63) is 60.2 Å². The van der Waals surface area contributed by atoms with Gasteiger partial charge in [-0.3, -0.25) is 0 Å². The van der Waals surface area contributed by atoms with Gasteiger partial charge in [-0.1, -0.05) is 42.5 Å². The fraction of sp³-hybridized carbons (Fsp3) is 0.278. The predicted molar refractivity (Wildman–Crippen MR) is 83.2 cm³/mol. The molecule has 1 heterocycles. The van der Waals surface area contributed by atoms with Crippen LogP contribution in [-0.4, -0.2) is 25.2 Å². The summed E-state index contributed by atoms with van der Waals surface area (Å²) in [5.74, 6) is -0.233. The molecule has 3 heteroatoms. The molecule has 0 spiro atoms. The summed E-state index contributed by atoms with van der Waals surface area (Å²) in [6.07, 6.45) is 2.01. The lowest BCUT2D eigenvalue weighted by Crippen LogP contribution is -2.36. The number of carbonyl (C=O) groups excluding carboxylic acids is 1. The number of piperidine rings is 1. The molecule has 0 aliphatic carbocycles. The summed E-state index contributed by atoms with van der Waals surface area (Å²) in [6.45, 7) is 1.77. The molecule has 0 bridgehead atoms. The molecule has 0 amide bonds. The topological polar surface area (TPSA) is 38.3 Å². The molecule has 0 saturated carbocycles. The minimum Gasteiger partial charge on any atom is -0.457 e. The Morgan fingerprint density at radius 2 is 1.71 bits per heavy atom. The normalized spacial score (nSPS) is 18.2. The van der Waals surface area contributed by atoms with Crippen LogP contribution in [0.4, 0.5) is 0 Å². The molecule has 21 heavy (non-hydrogen) atoms. The summed E-state index contributed by atoms with van der Waals surface area (Å²) in [7, 11) is 0. The molecule has 3 nitrogen and oxygen atoms in total.